The van der Waals surface area contributed by atoms with Gasteiger partial charge in [-0.05, 0) is 17.2 Å². The Morgan fingerprint density at radius 2 is 1.62 bits per heavy atom. The number of aromatic amines is 1. The maximum absolute atomic E-state index is 9.91. The van der Waals surface area contributed by atoms with E-state index in [0.29, 0.717) is 17.5 Å². The number of aliphatic hydroxyl groups excluding tert-OH is 1. The van der Waals surface area contributed by atoms with Crippen LogP contribution >= 0.6 is 11.6 Å². The van der Waals surface area contributed by atoms with Crippen LogP contribution in [0.4, 0.5) is 0 Å². The maximum atomic E-state index is 9.91. The SMILES string of the molecule is O[C@@H]1COC2C1OC[C@H]2Oc1cc2nc(-c3ccc(-c4ccccc4)cc3)c(Cl)cc2[nH]1. The van der Waals surface area contributed by atoms with Gasteiger partial charge in [0.2, 0.25) is 0 Å². The Labute approximate surface area is 189 Å². The molecule has 6 nitrogen and oxygen atoms in total. The fraction of sp³-hybridized carbons (Fsp3) is 0.240. The van der Waals surface area contributed by atoms with E-state index in [2.05, 4.69) is 29.2 Å². The number of fused-ring (bicyclic) bond motifs is 2. The van der Waals surface area contributed by atoms with E-state index < -0.39 is 6.10 Å². The van der Waals surface area contributed by atoms with Crippen molar-refractivity contribution >= 4 is 22.6 Å². The molecule has 6 rings (SSSR count). The summed E-state index contributed by atoms with van der Waals surface area (Å²) < 4.78 is 17.3. The summed E-state index contributed by atoms with van der Waals surface area (Å²) in [5, 5.41) is 10.5. The second-order valence-corrected chi connectivity index (χ2v) is 8.56. The largest absolute Gasteiger partial charge is 0.470 e. The highest BCUT2D eigenvalue weighted by molar-refractivity contribution is 6.33. The van der Waals surface area contributed by atoms with E-state index in [9.17, 15) is 5.11 Å². The molecule has 4 atom stereocenters. The van der Waals surface area contributed by atoms with Gasteiger partial charge in [0.05, 0.1) is 35.0 Å². The number of aliphatic hydroxyl groups is 1. The molecule has 2 aromatic heterocycles. The van der Waals surface area contributed by atoms with E-state index in [1.807, 2.05) is 42.5 Å². The van der Waals surface area contributed by atoms with Crippen LogP contribution in [0.25, 0.3) is 33.4 Å². The minimum atomic E-state index is -0.604. The van der Waals surface area contributed by atoms with Crippen molar-refractivity contribution in [3.05, 3.63) is 71.8 Å². The quantitative estimate of drug-likeness (QED) is 0.482. The molecular weight excluding hydrogens is 428 g/mol. The summed E-state index contributed by atoms with van der Waals surface area (Å²) in [4.78, 5) is 8.00. The molecule has 0 bridgehead atoms. The first-order chi connectivity index (χ1) is 15.7. The number of H-pyrrole nitrogens is 1. The Morgan fingerprint density at radius 1 is 0.906 bits per heavy atom. The van der Waals surface area contributed by atoms with Crippen molar-refractivity contribution in [2.45, 2.75) is 24.4 Å². The zero-order valence-electron chi connectivity index (χ0n) is 17.1. The predicted molar refractivity (Wildman–Crippen MR) is 122 cm³/mol. The molecule has 7 heteroatoms. The fourth-order valence-corrected chi connectivity index (χ4v) is 4.69. The lowest BCUT2D eigenvalue weighted by atomic mass is 10.0. The van der Waals surface area contributed by atoms with Crippen molar-refractivity contribution in [1.82, 2.24) is 9.97 Å². The van der Waals surface area contributed by atoms with Crippen LogP contribution in [0.1, 0.15) is 0 Å². The van der Waals surface area contributed by atoms with Gasteiger partial charge in [0.1, 0.15) is 18.3 Å². The zero-order chi connectivity index (χ0) is 21.7. The van der Waals surface area contributed by atoms with Gasteiger partial charge in [-0.2, -0.15) is 0 Å². The van der Waals surface area contributed by atoms with E-state index in [1.54, 1.807) is 0 Å². The highest BCUT2D eigenvalue weighted by atomic mass is 35.5. The maximum Gasteiger partial charge on any atom is 0.193 e. The van der Waals surface area contributed by atoms with Gasteiger partial charge in [0.15, 0.2) is 12.0 Å². The summed E-state index contributed by atoms with van der Waals surface area (Å²) in [6, 6.07) is 22.2. The number of aromatic nitrogens is 2. The molecule has 2 aromatic carbocycles. The average Bonchev–Trinajstić information content (AvgIpc) is 3.51. The Kier molecular flexibility index (Phi) is 4.88. The summed E-state index contributed by atoms with van der Waals surface area (Å²) in [6.45, 7) is 0.639. The van der Waals surface area contributed by atoms with Gasteiger partial charge in [-0.15, -0.1) is 0 Å². The van der Waals surface area contributed by atoms with Crippen LogP contribution < -0.4 is 4.74 Å². The number of halogens is 1. The summed E-state index contributed by atoms with van der Waals surface area (Å²) in [5.74, 6) is 0.569. The van der Waals surface area contributed by atoms with Crippen LogP contribution in [0.5, 0.6) is 5.88 Å². The number of ether oxygens (including phenoxy) is 3. The highest BCUT2D eigenvalue weighted by Gasteiger charge is 2.48. The average molecular weight is 449 g/mol. The van der Waals surface area contributed by atoms with E-state index >= 15 is 0 Å². The third kappa shape index (κ3) is 3.45. The molecule has 162 valence electrons. The molecule has 4 heterocycles. The van der Waals surface area contributed by atoms with E-state index in [1.165, 1.54) is 0 Å². The van der Waals surface area contributed by atoms with Crippen LogP contribution in [-0.2, 0) is 9.47 Å². The first-order valence-electron chi connectivity index (χ1n) is 10.6. The third-order valence-corrected chi connectivity index (χ3v) is 6.34. The lowest BCUT2D eigenvalue weighted by molar-refractivity contribution is 0.00794. The van der Waals surface area contributed by atoms with Crippen molar-refractivity contribution in [3.63, 3.8) is 0 Å². The van der Waals surface area contributed by atoms with Gasteiger partial charge >= 0.3 is 0 Å². The number of nitrogens with zero attached hydrogens (tertiary/aromatic N) is 1. The first-order valence-corrected chi connectivity index (χ1v) is 11.0. The number of nitrogens with one attached hydrogen (secondary N) is 1. The molecular formula is C25H21ClN2O4. The van der Waals surface area contributed by atoms with Crippen molar-refractivity contribution in [2.75, 3.05) is 13.2 Å². The number of hydrogen-bond acceptors (Lipinski definition) is 5. The smallest absolute Gasteiger partial charge is 0.193 e. The van der Waals surface area contributed by atoms with Crippen molar-refractivity contribution in [1.29, 1.82) is 0 Å². The molecule has 2 aliphatic heterocycles. The lowest BCUT2D eigenvalue weighted by Gasteiger charge is -2.16. The van der Waals surface area contributed by atoms with Gasteiger partial charge in [-0.25, -0.2) is 4.98 Å². The second kappa shape index (κ2) is 7.90. The number of benzene rings is 2. The van der Waals surface area contributed by atoms with Crippen LogP contribution in [0.15, 0.2) is 66.7 Å². The van der Waals surface area contributed by atoms with E-state index in [-0.39, 0.29) is 24.9 Å². The van der Waals surface area contributed by atoms with E-state index in [4.69, 9.17) is 30.8 Å². The number of hydrogen-bond donors (Lipinski definition) is 2. The molecule has 2 fully saturated rings. The van der Waals surface area contributed by atoms with Gasteiger partial charge in [-0.3, -0.25) is 0 Å². The predicted octanol–water partition coefficient (Wildman–Crippen LogP) is 4.46. The summed E-state index contributed by atoms with van der Waals surface area (Å²) >= 11 is 6.57. The van der Waals surface area contributed by atoms with Crippen molar-refractivity contribution < 1.29 is 19.3 Å². The second-order valence-electron chi connectivity index (χ2n) is 8.15. The molecule has 0 saturated carbocycles. The number of pyridine rings is 1. The molecule has 2 N–H and O–H groups in total. The molecule has 0 aliphatic carbocycles. The fourth-order valence-electron chi connectivity index (χ4n) is 4.43. The highest BCUT2D eigenvalue weighted by Crippen LogP contribution is 2.34. The molecule has 2 unspecified atom stereocenters. The van der Waals surface area contributed by atoms with Gasteiger partial charge < -0.3 is 24.3 Å². The Bertz CT molecular complexity index is 1260. The molecule has 2 aliphatic rings. The third-order valence-electron chi connectivity index (χ3n) is 6.06. The first kappa shape index (κ1) is 19.8. The van der Waals surface area contributed by atoms with E-state index in [0.717, 1.165) is 33.4 Å². The zero-order valence-corrected chi connectivity index (χ0v) is 17.8. The molecule has 2 saturated heterocycles. The molecule has 0 spiro atoms. The van der Waals surface area contributed by atoms with Gasteiger partial charge in [-0.1, -0.05) is 66.2 Å². The minimum absolute atomic E-state index is 0.269. The summed E-state index contributed by atoms with van der Waals surface area (Å²) in [7, 11) is 0. The van der Waals surface area contributed by atoms with Crippen LogP contribution in [0.3, 0.4) is 0 Å². The Hall–Kier alpha value is -2.90. The molecule has 0 radical (unpaired) electrons. The summed E-state index contributed by atoms with van der Waals surface area (Å²) in [5.41, 5.74) is 5.52. The Morgan fingerprint density at radius 3 is 2.44 bits per heavy atom. The van der Waals surface area contributed by atoms with Gasteiger partial charge in [0.25, 0.3) is 0 Å². The van der Waals surface area contributed by atoms with Crippen molar-refractivity contribution in [3.8, 4) is 28.3 Å². The lowest BCUT2D eigenvalue weighted by Crippen LogP contribution is -2.34. The normalized spacial score (nSPS) is 24.7. The molecule has 0 amide bonds. The molecule has 4 aromatic rings. The van der Waals surface area contributed by atoms with Crippen LogP contribution in [-0.4, -0.2) is 52.7 Å². The minimum Gasteiger partial charge on any atom is -0.470 e. The number of rotatable bonds is 4. The summed E-state index contributed by atoms with van der Waals surface area (Å²) in [6.07, 6.45) is -1.49. The van der Waals surface area contributed by atoms with Crippen LogP contribution in [0, 0.1) is 0 Å². The Balaban J connectivity index is 1.26. The molecule has 32 heavy (non-hydrogen) atoms. The standard InChI is InChI=1S/C25H21ClN2O4/c26-17-10-18-19(11-22(27-18)32-21-13-31-24-20(29)12-30-25(21)24)28-23(17)16-8-6-15(7-9-16)14-4-2-1-3-5-14/h1-11,20-21,24-25,27,29H,12-13H2/t20-,21-,24?,25?/m1/s1. The topological polar surface area (TPSA) is 76.6 Å². The van der Waals surface area contributed by atoms with Gasteiger partial charge in [0, 0.05) is 11.6 Å². The monoisotopic (exact) mass is 448 g/mol. The van der Waals surface area contributed by atoms with Crippen LogP contribution in [0.2, 0.25) is 5.02 Å². The van der Waals surface area contributed by atoms with Crippen molar-refractivity contribution in [2.24, 2.45) is 0 Å².